The largest absolute Gasteiger partial charge is 0.490 e. The van der Waals surface area contributed by atoms with E-state index in [-0.39, 0.29) is 0 Å². The summed E-state index contributed by atoms with van der Waals surface area (Å²) in [7, 11) is 0. The van der Waals surface area contributed by atoms with Crippen LogP contribution in [0.4, 0.5) is 9.59 Å². The van der Waals surface area contributed by atoms with E-state index < -0.39 is 41.5 Å². The molecule has 10 heteroatoms. The summed E-state index contributed by atoms with van der Waals surface area (Å²) in [5, 5.41) is 7.32. The Morgan fingerprint density at radius 3 is 2.50 bits per heavy atom. The predicted molar refractivity (Wildman–Crippen MR) is 106 cm³/mol. The van der Waals surface area contributed by atoms with Gasteiger partial charge in [-0.15, -0.1) is 0 Å². The number of nitrogens with one attached hydrogen (secondary N) is 3. The molecule has 0 aromatic heterocycles. The third-order valence-electron chi connectivity index (χ3n) is 4.64. The van der Waals surface area contributed by atoms with Gasteiger partial charge in [-0.1, -0.05) is 6.07 Å². The molecule has 0 radical (unpaired) electrons. The van der Waals surface area contributed by atoms with Crippen LogP contribution in [0.2, 0.25) is 0 Å². The van der Waals surface area contributed by atoms with Crippen molar-refractivity contribution in [2.24, 2.45) is 0 Å². The van der Waals surface area contributed by atoms with Gasteiger partial charge in [0.1, 0.15) is 12.1 Å². The Morgan fingerprint density at radius 2 is 1.83 bits per heavy atom. The Hall–Kier alpha value is -3.30. The van der Waals surface area contributed by atoms with E-state index in [0.29, 0.717) is 30.3 Å². The van der Waals surface area contributed by atoms with E-state index in [4.69, 9.17) is 9.47 Å². The molecule has 30 heavy (non-hydrogen) atoms. The van der Waals surface area contributed by atoms with Crippen LogP contribution in [-0.4, -0.2) is 54.1 Å². The molecule has 2 aliphatic rings. The van der Waals surface area contributed by atoms with E-state index >= 15 is 0 Å². The second-order valence-corrected chi connectivity index (χ2v) is 8.41. The van der Waals surface area contributed by atoms with E-state index in [2.05, 4.69) is 16.0 Å². The highest BCUT2D eigenvalue weighted by molar-refractivity contribution is 6.10. The monoisotopic (exact) mass is 418 g/mol. The Balaban J connectivity index is 1.73. The number of fused-ring (bicyclic) bond motifs is 1. The SMILES string of the molecule is CC(C)(C)NC(=O)NC(=O)CN1C(=O)N[C@@](C)(c2ccc3c(c2)OCCCO3)C1=O. The Morgan fingerprint density at radius 1 is 1.17 bits per heavy atom. The molecule has 1 aromatic carbocycles. The first-order valence-corrected chi connectivity index (χ1v) is 9.66. The lowest BCUT2D eigenvalue weighted by Gasteiger charge is -2.23. The third-order valence-corrected chi connectivity index (χ3v) is 4.64. The minimum atomic E-state index is -1.38. The highest BCUT2D eigenvalue weighted by Crippen LogP contribution is 2.36. The Bertz CT molecular complexity index is 894. The van der Waals surface area contributed by atoms with Gasteiger partial charge < -0.3 is 20.1 Å². The fourth-order valence-electron chi connectivity index (χ4n) is 3.19. The molecular formula is C20H26N4O6. The number of hydrogen-bond donors (Lipinski definition) is 3. The normalized spacial score (nSPS) is 21.0. The fourth-order valence-corrected chi connectivity index (χ4v) is 3.19. The molecule has 10 nitrogen and oxygen atoms in total. The standard InChI is InChI=1S/C20H26N4O6/c1-19(2,3)22-17(27)21-15(25)11-24-16(26)20(4,23-18(24)28)12-6-7-13-14(10-12)30-9-5-8-29-13/h6-7,10H,5,8-9,11H2,1-4H3,(H,23,28)(H2,21,22,25,27)/t20-/m0/s1. The highest BCUT2D eigenvalue weighted by Gasteiger charge is 2.49. The van der Waals surface area contributed by atoms with Crippen LogP contribution < -0.4 is 25.4 Å². The van der Waals surface area contributed by atoms with Crippen molar-refractivity contribution in [1.82, 2.24) is 20.9 Å². The van der Waals surface area contributed by atoms with Gasteiger partial charge >= 0.3 is 12.1 Å². The summed E-state index contributed by atoms with van der Waals surface area (Å²) in [6.07, 6.45) is 0.739. The average molecular weight is 418 g/mol. The molecule has 1 aromatic rings. The van der Waals surface area contributed by atoms with Crippen LogP contribution in [-0.2, 0) is 15.1 Å². The summed E-state index contributed by atoms with van der Waals surface area (Å²) >= 11 is 0. The summed E-state index contributed by atoms with van der Waals surface area (Å²) in [4.78, 5) is 50.2. The number of imide groups is 2. The van der Waals surface area contributed by atoms with Crippen molar-refractivity contribution in [3.8, 4) is 11.5 Å². The molecule has 0 saturated carbocycles. The molecule has 0 spiro atoms. The van der Waals surface area contributed by atoms with Gasteiger partial charge in [0.25, 0.3) is 5.91 Å². The molecule has 3 N–H and O–H groups in total. The number of hydrogen-bond acceptors (Lipinski definition) is 6. The second kappa shape index (κ2) is 7.85. The minimum absolute atomic E-state index is 0.483. The number of ether oxygens (including phenoxy) is 2. The van der Waals surface area contributed by atoms with E-state index in [1.165, 1.54) is 0 Å². The van der Waals surface area contributed by atoms with E-state index in [9.17, 15) is 19.2 Å². The van der Waals surface area contributed by atoms with Crippen LogP contribution >= 0.6 is 0 Å². The van der Waals surface area contributed by atoms with Crippen molar-refractivity contribution in [3.05, 3.63) is 23.8 Å². The molecule has 1 atom stereocenters. The number of amides is 6. The van der Waals surface area contributed by atoms with Crippen LogP contribution in [0.3, 0.4) is 0 Å². The lowest BCUT2D eigenvalue weighted by Crippen LogP contribution is -2.51. The molecule has 3 rings (SSSR count). The van der Waals surface area contributed by atoms with Crippen molar-refractivity contribution in [2.75, 3.05) is 19.8 Å². The van der Waals surface area contributed by atoms with Gasteiger partial charge in [0.05, 0.1) is 13.2 Å². The van der Waals surface area contributed by atoms with Crippen LogP contribution in [0.25, 0.3) is 0 Å². The minimum Gasteiger partial charge on any atom is -0.490 e. The molecule has 162 valence electrons. The summed E-state index contributed by atoms with van der Waals surface area (Å²) in [5.74, 6) is -0.322. The van der Waals surface area contributed by atoms with Crippen LogP contribution in [0.1, 0.15) is 39.7 Å². The van der Waals surface area contributed by atoms with Crippen molar-refractivity contribution < 1.29 is 28.7 Å². The summed E-state index contributed by atoms with van der Waals surface area (Å²) < 4.78 is 11.3. The Kier molecular flexibility index (Phi) is 5.60. The first-order valence-electron chi connectivity index (χ1n) is 9.66. The first-order chi connectivity index (χ1) is 14.0. The topological polar surface area (TPSA) is 126 Å². The highest BCUT2D eigenvalue weighted by atomic mass is 16.5. The van der Waals surface area contributed by atoms with Gasteiger partial charge in [-0.3, -0.25) is 19.8 Å². The molecular weight excluding hydrogens is 392 g/mol. The van der Waals surface area contributed by atoms with Gasteiger partial charge in [0, 0.05) is 12.0 Å². The average Bonchev–Trinajstić information content (AvgIpc) is 2.81. The van der Waals surface area contributed by atoms with E-state index in [0.717, 1.165) is 11.3 Å². The Labute approximate surface area is 174 Å². The van der Waals surface area contributed by atoms with Gasteiger partial charge in [0.15, 0.2) is 11.5 Å². The van der Waals surface area contributed by atoms with E-state index in [1.807, 2.05) is 0 Å². The molecule has 1 saturated heterocycles. The molecule has 6 amide bonds. The number of carbonyl (C=O) groups excluding carboxylic acids is 4. The number of urea groups is 2. The maximum Gasteiger partial charge on any atom is 0.325 e. The zero-order valence-electron chi connectivity index (χ0n) is 17.5. The molecule has 2 aliphatic heterocycles. The van der Waals surface area contributed by atoms with E-state index in [1.54, 1.807) is 45.9 Å². The number of benzene rings is 1. The van der Waals surface area contributed by atoms with Crippen molar-refractivity contribution in [1.29, 1.82) is 0 Å². The first kappa shape index (κ1) is 21.4. The number of carbonyl (C=O) groups is 4. The number of nitrogens with zero attached hydrogens (tertiary/aromatic N) is 1. The molecule has 2 heterocycles. The quantitative estimate of drug-likeness (QED) is 0.634. The van der Waals surface area contributed by atoms with Crippen LogP contribution in [0, 0.1) is 0 Å². The summed E-state index contributed by atoms with van der Waals surface area (Å²) in [6.45, 7) is 7.26. The maximum atomic E-state index is 13.0. The van der Waals surface area contributed by atoms with Crippen LogP contribution in [0.5, 0.6) is 11.5 Å². The maximum absolute atomic E-state index is 13.0. The van der Waals surface area contributed by atoms with Crippen molar-refractivity contribution in [2.45, 2.75) is 45.2 Å². The molecule has 0 aliphatic carbocycles. The molecule has 0 bridgehead atoms. The molecule has 0 unspecified atom stereocenters. The van der Waals surface area contributed by atoms with Gasteiger partial charge in [-0.05, 0) is 45.4 Å². The lowest BCUT2D eigenvalue weighted by atomic mass is 9.91. The number of rotatable bonds is 3. The lowest BCUT2D eigenvalue weighted by molar-refractivity contribution is -0.134. The summed E-state index contributed by atoms with van der Waals surface area (Å²) in [6, 6.07) is 3.59. The summed E-state index contributed by atoms with van der Waals surface area (Å²) in [5.41, 5.74) is -1.42. The smallest absolute Gasteiger partial charge is 0.325 e. The zero-order chi connectivity index (χ0) is 22.1. The van der Waals surface area contributed by atoms with Gasteiger partial charge in [-0.2, -0.15) is 0 Å². The second-order valence-electron chi connectivity index (χ2n) is 8.41. The zero-order valence-corrected chi connectivity index (χ0v) is 17.5. The predicted octanol–water partition coefficient (Wildman–Crippen LogP) is 1.24. The van der Waals surface area contributed by atoms with Crippen molar-refractivity contribution in [3.63, 3.8) is 0 Å². The van der Waals surface area contributed by atoms with Crippen LogP contribution in [0.15, 0.2) is 18.2 Å². The third kappa shape index (κ3) is 4.47. The van der Waals surface area contributed by atoms with Gasteiger partial charge in [-0.25, -0.2) is 9.59 Å². The van der Waals surface area contributed by atoms with Gasteiger partial charge in [0.2, 0.25) is 5.91 Å². The van der Waals surface area contributed by atoms with Crippen molar-refractivity contribution >= 4 is 23.9 Å². The molecule has 1 fully saturated rings. The fraction of sp³-hybridized carbons (Fsp3) is 0.500.